The molecule has 10 heavy (non-hydrogen) atoms. The summed E-state index contributed by atoms with van der Waals surface area (Å²) in [5.74, 6) is 0. The molecule has 0 saturated heterocycles. The minimum absolute atomic E-state index is 0. The molecule has 0 aliphatic carbocycles. The summed E-state index contributed by atoms with van der Waals surface area (Å²) in [4.78, 5) is 0. The molecule has 0 aliphatic rings. The average Bonchev–Trinajstić information content (AvgIpc) is 1.89. The third-order valence-corrected chi connectivity index (χ3v) is 2.16. The van der Waals surface area contributed by atoms with Crippen LogP contribution in [-0.2, 0) is 0 Å². The van der Waals surface area contributed by atoms with E-state index in [0.29, 0.717) is 0 Å². The van der Waals surface area contributed by atoms with Crippen molar-refractivity contribution in [3.63, 3.8) is 0 Å². The van der Waals surface area contributed by atoms with E-state index in [1.54, 1.807) is 0 Å². The molecule has 0 fully saturated rings. The van der Waals surface area contributed by atoms with Gasteiger partial charge in [0.15, 0.2) is 0 Å². The molecule has 0 aromatic carbocycles. The van der Waals surface area contributed by atoms with Gasteiger partial charge in [0, 0.05) is 5.54 Å². The van der Waals surface area contributed by atoms with E-state index < -0.39 is 0 Å². The molecule has 0 spiro atoms. The molecule has 0 aliphatic heterocycles. The van der Waals surface area contributed by atoms with Crippen LogP contribution >= 0.6 is 0 Å². The van der Waals surface area contributed by atoms with Gasteiger partial charge in [-0.15, -0.1) is 0 Å². The Hall–Kier alpha value is -0.0800. The van der Waals surface area contributed by atoms with Gasteiger partial charge in [-0.1, -0.05) is 27.2 Å². The van der Waals surface area contributed by atoms with Gasteiger partial charge >= 0.3 is 0 Å². The Morgan fingerprint density at radius 2 is 1.50 bits per heavy atom. The first-order valence-corrected chi connectivity index (χ1v) is 3.97. The molecule has 2 heteroatoms. The standard InChI is InChI=1S/C8H19N.H3N/c1-4-7-8(9,5-2)6-3;/h4-7,9H2,1-3H3;1H3. The first-order chi connectivity index (χ1) is 4.18. The van der Waals surface area contributed by atoms with Gasteiger partial charge in [-0.3, -0.25) is 0 Å². The van der Waals surface area contributed by atoms with Crippen LogP contribution in [0, 0.1) is 0 Å². The zero-order valence-corrected chi connectivity index (χ0v) is 7.61. The lowest BCUT2D eigenvalue weighted by molar-refractivity contribution is 0.363. The van der Waals surface area contributed by atoms with Gasteiger partial charge in [-0.05, 0) is 19.3 Å². The molecule has 0 aromatic rings. The Morgan fingerprint density at radius 1 is 1.10 bits per heavy atom. The van der Waals surface area contributed by atoms with Gasteiger partial charge in [0.1, 0.15) is 0 Å². The van der Waals surface area contributed by atoms with Crippen molar-refractivity contribution in [1.29, 1.82) is 0 Å². The number of hydrogen-bond donors (Lipinski definition) is 2. The third kappa shape index (κ3) is 3.85. The van der Waals surface area contributed by atoms with Crippen molar-refractivity contribution >= 4 is 0 Å². The molecule has 0 amide bonds. The van der Waals surface area contributed by atoms with Crippen LogP contribution in [-0.4, -0.2) is 5.54 Å². The van der Waals surface area contributed by atoms with E-state index in [2.05, 4.69) is 20.8 Å². The molecule has 0 rings (SSSR count). The molecule has 0 bridgehead atoms. The van der Waals surface area contributed by atoms with Crippen molar-refractivity contribution in [2.45, 2.75) is 52.0 Å². The van der Waals surface area contributed by atoms with Gasteiger partial charge in [-0.2, -0.15) is 0 Å². The van der Waals surface area contributed by atoms with Crippen LogP contribution in [0.25, 0.3) is 0 Å². The summed E-state index contributed by atoms with van der Waals surface area (Å²) in [7, 11) is 0. The summed E-state index contributed by atoms with van der Waals surface area (Å²) in [6.45, 7) is 6.52. The molecular weight excluding hydrogens is 124 g/mol. The fourth-order valence-electron chi connectivity index (χ4n) is 1.10. The maximum absolute atomic E-state index is 6.01. The van der Waals surface area contributed by atoms with Gasteiger partial charge in [0.25, 0.3) is 0 Å². The molecule has 5 N–H and O–H groups in total. The summed E-state index contributed by atoms with van der Waals surface area (Å²) >= 11 is 0. The van der Waals surface area contributed by atoms with Gasteiger partial charge in [0.05, 0.1) is 0 Å². The molecule has 0 unspecified atom stereocenters. The zero-order chi connectivity index (χ0) is 7.33. The number of hydrogen-bond acceptors (Lipinski definition) is 2. The van der Waals surface area contributed by atoms with E-state index in [9.17, 15) is 0 Å². The first-order valence-electron chi connectivity index (χ1n) is 3.97. The van der Waals surface area contributed by atoms with Crippen LogP contribution in [0.3, 0.4) is 0 Å². The third-order valence-electron chi connectivity index (χ3n) is 2.16. The number of nitrogens with two attached hydrogens (primary N) is 1. The minimum Gasteiger partial charge on any atom is -0.344 e. The summed E-state index contributed by atoms with van der Waals surface area (Å²) in [5.41, 5.74) is 6.14. The van der Waals surface area contributed by atoms with Gasteiger partial charge < -0.3 is 11.9 Å². The SMILES string of the molecule is CCCC(N)(CC)CC.N. The highest BCUT2D eigenvalue weighted by Gasteiger charge is 2.17. The van der Waals surface area contributed by atoms with E-state index >= 15 is 0 Å². The van der Waals surface area contributed by atoms with Crippen LogP contribution in [0.5, 0.6) is 0 Å². The van der Waals surface area contributed by atoms with Crippen molar-refractivity contribution in [2.75, 3.05) is 0 Å². The molecular formula is C8H22N2. The molecule has 0 heterocycles. The summed E-state index contributed by atoms with van der Waals surface area (Å²) < 4.78 is 0. The Labute approximate surface area is 64.8 Å². The van der Waals surface area contributed by atoms with Crippen molar-refractivity contribution < 1.29 is 0 Å². The van der Waals surface area contributed by atoms with Gasteiger partial charge in [0.2, 0.25) is 0 Å². The molecule has 0 radical (unpaired) electrons. The highest BCUT2D eigenvalue weighted by atomic mass is 14.7. The van der Waals surface area contributed by atoms with Crippen LogP contribution < -0.4 is 11.9 Å². The van der Waals surface area contributed by atoms with E-state index in [1.807, 2.05) is 0 Å². The van der Waals surface area contributed by atoms with Crippen molar-refractivity contribution in [3.8, 4) is 0 Å². The summed E-state index contributed by atoms with van der Waals surface area (Å²) in [5, 5.41) is 0. The Kier molecular flexibility index (Phi) is 7.15. The predicted molar refractivity (Wildman–Crippen MR) is 47.4 cm³/mol. The van der Waals surface area contributed by atoms with E-state index in [4.69, 9.17) is 5.73 Å². The second kappa shape index (κ2) is 5.69. The molecule has 0 saturated carbocycles. The molecule has 0 aromatic heterocycles. The van der Waals surface area contributed by atoms with Gasteiger partial charge in [-0.25, -0.2) is 0 Å². The highest BCUT2D eigenvalue weighted by Crippen LogP contribution is 2.16. The largest absolute Gasteiger partial charge is 0.344 e. The van der Waals surface area contributed by atoms with E-state index in [-0.39, 0.29) is 11.7 Å². The topological polar surface area (TPSA) is 61.0 Å². The first kappa shape index (κ1) is 12.6. The molecule has 0 atom stereocenters. The maximum atomic E-state index is 6.01. The smallest absolute Gasteiger partial charge is 0.0149 e. The fourth-order valence-corrected chi connectivity index (χ4v) is 1.10. The lowest BCUT2D eigenvalue weighted by Crippen LogP contribution is -2.37. The summed E-state index contributed by atoms with van der Waals surface area (Å²) in [6, 6.07) is 0. The van der Waals surface area contributed by atoms with Crippen LogP contribution in [0.4, 0.5) is 0 Å². The highest BCUT2D eigenvalue weighted by molar-refractivity contribution is 4.79. The van der Waals surface area contributed by atoms with Crippen molar-refractivity contribution in [1.82, 2.24) is 6.15 Å². The lowest BCUT2D eigenvalue weighted by Gasteiger charge is -2.25. The quantitative estimate of drug-likeness (QED) is 0.640. The van der Waals surface area contributed by atoms with Crippen molar-refractivity contribution in [3.05, 3.63) is 0 Å². The summed E-state index contributed by atoms with van der Waals surface area (Å²) in [6.07, 6.45) is 4.59. The monoisotopic (exact) mass is 146 g/mol. The van der Waals surface area contributed by atoms with E-state index in [0.717, 1.165) is 12.8 Å². The average molecular weight is 146 g/mol. The van der Waals surface area contributed by atoms with Crippen LogP contribution in [0.15, 0.2) is 0 Å². The van der Waals surface area contributed by atoms with E-state index in [1.165, 1.54) is 12.8 Å². The Balaban J connectivity index is 0. The second-order valence-corrected chi connectivity index (χ2v) is 2.82. The maximum Gasteiger partial charge on any atom is 0.0149 e. The Morgan fingerprint density at radius 3 is 1.60 bits per heavy atom. The Bertz CT molecular complexity index is 67.7. The second-order valence-electron chi connectivity index (χ2n) is 2.82. The van der Waals surface area contributed by atoms with Crippen LogP contribution in [0.1, 0.15) is 46.5 Å². The number of rotatable bonds is 4. The molecule has 2 nitrogen and oxygen atoms in total. The fraction of sp³-hybridized carbons (Fsp3) is 1.00. The van der Waals surface area contributed by atoms with Crippen LogP contribution in [0.2, 0.25) is 0 Å². The minimum atomic E-state index is 0. The van der Waals surface area contributed by atoms with Crippen molar-refractivity contribution in [2.24, 2.45) is 5.73 Å². The lowest BCUT2D eigenvalue weighted by atomic mass is 9.89. The normalized spacial score (nSPS) is 10.8. The predicted octanol–water partition coefficient (Wildman–Crippen LogP) is 2.47. The molecule has 64 valence electrons. The zero-order valence-electron chi connectivity index (χ0n) is 7.61.